The Labute approximate surface area is 205 Å². The van der Waals surface area contributed by atoms with Crippen LogP contribution in [-0.2, 0) is 28.7 Å². The average molecular weight is 491 g/mol. The van der Waals surface area contributed by atoms with Gasteiger partial charge in [0.1, 0.15) is 0 Å². The van der Waals surface area contributed by atoms with Crippen molar-refractivity contribution in [3.8, 4) is 0 Å². The number of hydrogen-bond acceptors (Lipinski definition) is 7. The number of carbonyl (C=O) groups is 4. The van der Waals surface area contributed by atoms with Gasteiger partial charge < -0.3 is 14.6 Å². The lowest BCUT2D eigenvalue weighted by molar-refractivity contribution is -0.228. The van der Waals surface area contributed by atoms with E-state index >= 15 is 4.39 Å². The first-order valence-electron chi connectivity index (χ1n) is 12.5. The summed E-state index contributed by atoms with van der Waals surface area (Å²) >= 11 is 0. The molecule has 0 spiro atoms. The third-order valence-electron chi connectivity index (χ3n) is 9.57. The van der Waals surface area contributed by atoms with E-state index in [2.05, 4.69) is 0 Å². The number of ether oxygens (including phenoxy) is 2. The molecule has 4 rings (SSSR count). The van der Waals surface area contributed by atoms with Gasteiger partial charge in [0.2, 0.25) is 5.78 Å². The van der Waals surface area contributed by atoms with Crippen LogP contribution in [0.25, 0.3) is 0 Å². The Morgan fingerprint density at radius 2 is 1.91 bits per heavy atom. The van der Waals surface area contributed by atoms with Gasteiger partial charge in [-0.3, -0.25) is 19.2 Å². The molecule has 0 radical (unpaired) electrons. The van der Waals surface area contributed by atoms with Gasteiger partial charge in [-0.2, -0.15) is 0 Å². The standard InChI is InChI=1S/C27H35FO7/c1-6-23(33)35-27(22(32)14-34-16(3)29)15(2)11-20-19-8-7-17-12-18(30)9-10-24(17,4)26(19,28)21(31)13-25(20,27)5/h9-10,12,15,19-21,31H,6-8,11,13-14H2,1-5H3/t15-,19-,20+,21-,24-,25-,26+,27-/m0/s1. The number of alkyl halides is 1. The number of aliphatic hydroxyl groups excluding tert-OH is 1. The summed E-state index contributed by atoms with van der Waals surface area (Å²) in [6.07, 6.45) is 4.21. The van der Waals surface area contributed by atoms with Crippen molar-refractivity contribution in [3.63, 3.8) is 0 Å². The minimum Gasteiger partial charge on any atom is -0.458 e. The topological polar surface area (TPSA) is 107 Å². The van der Waals surface area contributed by atoms with Gasteiger partial charge in [0.15, 0.2) is 23.7 Å². The number of carbonyl (C=O) groups excluding carboxylic acids is 4. The summed E-state index contributed by atoms with van der Waals surface area (Å²) in [7, 11) is 0. The molecule has 35 heavy (non-hydrogen) atoms. The lowest BCUT2D eigenvalue weighted by atomic mass is 9.44. The minimum absolute atomic E-state index is 0.0418. The monoisotopic (exact) mass is 490 g/mol. The highest BCUT2D eigenvalue weighted by Crippen LogP contribution is 2.71. The Morgan fingerprint density at radius 1 is 1.23 bits per heavy atom. The lowest BCUT2D eigenvalue weighted by Gasteiger charge is -2.62. The number of esters is 2. The molecule has 8 heteroatoms. The van der Waals surface area contributed by atoms with Crippen molar-refractivity contribution in [1.29, 1.82) is 0 Å². The van der Waals surface area contributed by atoms with Crippen molar-refractivity contribution in [2.24, 2.45) is 28.6 Å². The summed E-state index contributed by atoms with van der Waals surface area (Å²) in [5, 5.41) is 11.5. The van der Waals surface area contributed by atoms with E-state index in [1.807, 2.05) is 0 Å². The van der Waals surface area contributed by atoms with Gasteiger partial charge in [-0.25, -0.2) is 4.39 Å². The maximum Gasteiger partial charge on any atom is 0.306 e. The summed E-state index contributed by atoms with van der Waals surface area (Å²) in [4.78, 5) is 49.8. The molecule has 0 aliphatic heterocycles. The molecule has 0 aromatic heterocycles. The first kappa shape index (κ1) is 25.7. The van der Waals surface area contributed by atoms with Crippen LogP contribution in [0.5, 0.6) is 0 Å². The van der Waals surface area contributed by atoms with E-state index in [9.17, 15) is 24.3 Å². The van der Waals surface area contributed by atoms with E-state index in [1.165, 1.54) is 19.1 Å². The summed E-state index contributed by atoms with van der Waals surface area (Å²) < 4.78 is 28.3. The second-order valence-electron chi connectivity index (χ2n) is 11.2. The second kappa shape index (κ2) is 8.36. The Morgan fingerprint density at radius 3 is 2.54 bits per heavy atom. The fourth-order valence-corrected chi connectivity index (χ4v) is 7.92. The molecular weight excluding hydrogens is 455 g/mol. The maximum absolute atomic E-state index is 17.3. The number of Topliss-reactive ketones (excluding diaryl/α,β-unsaturated/α-hetero) is 1. The predicted molar refractivity (Wildman–Crippen MR) is 124 cm³/mol. The van der Waals surface area contributed by atoms with E-state index in [4.69, 9.17) is 9.47 Å². The third-order valence-corrected chi connectivity index (χ3v) is 9.57. The molecule has 3 fully saturated rings. The van der Waals surface area contributed by atoms with Gasteiger partial charge in [-0.15, -0.1) is 0 Å². The quantitative estimate of drug-likeness (QED) is 0.589. The van der Waals surface area contributed by atoms with Crippen LogP contribution in [0.2, 0.25) is 0 Å². The van der Waals surface area contributed by atoms with Crippen molar-refractivity contribution in [1.82, 2.24) is 0 Å². The van der Waals surface area contributed by atoms with Gasteiger partial charge in [0, 0.05) is 36.0 Å². The number of halogens is 1. The SMILES string of the molecule is CCC(=O)O[C@]1(C(=O)COC(C)=O)[C@@H](C)C[C@@H]2[C@@H]3CCC4=CC(=O)C=C[C@]4(C)[C@]3(F)[C@@H](O)C[C@@]21C. The van der Waals surface area contributed by atoms with E-state index in [0.29, 0.717) is 24.8 Å². The van der Waals surface area contributed by atoms with E-state index in [1.54, 1.807) is 33.8 Å². The van der Waals surface area contributed by atoms with Gasteiger partial charge in [0.25, 0.3) is 0 Å². The molecule has 8 atom stereocenters. The lowest BCUT2D eigenvalue weighted by Crippen LogP contribution is -2.70. The zero-order valence-electron chi connectivity index (χ0n) is 21.1. The molecule has 0 aromatic rings. The van der Waals surface area contributed by atoms with Crippen LogP contribution in [0.1, 0.15) is 66.7 Å². The van der Waals surface area contributed by atoms with E-state index < -0.39 is 64.4 Å². The second-order valence-corrected chi connectivity index (χ2v) is 11.2. The van der Waals surface area contributed by atoms with Crippen LogP contribution < -0.4 is 0 Å². The number of allylic oxidation sites excluding steroid dienone is 4. The average Bonchev–Trinajstić information content (AvgIpc) is 3.00. The van der Waals surface area contributed by atoms with Crippen LogP contribution >= 0.6 is 0 Å². The number of rotatable bonds is 5. The zero-order valence-corrected chi connectivity index (χ0v) is 21.1. The summed E-state index contributed by atoms with van der Waals surface area (Å²) in [5.41, 5.74) is -5.26. The predicted octanol–water partition coefficient (Wildman–Crippen LogP) is 3.43. The Balaban J connectivity index is 1.82. The smallest absolute Gasteiger partial charge is 0.306 e. The van der Waals surface area contributed by atoms with Crippen molar-refractivity contribution in [2.75, 3.05) is 6.61 Å². The number of aliphatic hydroxyl groups is 1. The Kier molecular flexibility index (Phi) is 6.14. The molecule has 4 aliphatic rings. The fraction of sp³-hybridized carbons (Fsp3) is 0.704. The first-order valence-corrected chi connectivity index (χ1v) is 12.5. The molecule has 0 amide bonds. The van der Waals surface area contributed by atoms with E-state index in [0.717, 1.165) is 0 Å². The van der Waals surface area contributed by atoms with Gasteiger partial charge >= 0.3 is 11.9 Å². The Bertz CT molecular complexity index is 1030. The normalized spacial score (nSPS) is 44.0. The third kappa shape index (κ3) is 3.31. The molecule has 1 N–H and O–H groups in total. The summed E-state index contributed by atoms with van der Waals surface area (Å²) in [5.74, 6) is -3.41. The van der Waals surface area contributed by atoms with Crippen LogP contribution in [-0.4, -0.2) is 52.6 Å². The molecule has 0 saturated heterocycles. The van der Waals surface area contributed by atoms with Crippen molar-refractivity contribution < 1.29 is 38.1 Å². The van der Waals surface area contributed by atoms with Crippen LogP contribution in [0.4, 0.5) is 4.39 Å². The highest BCUT2D eigenvalue weighted by molar-refractivity contribution is 6.01. The maximum atomic E-state index is 17.3. The minimum atomic E-state index is -2.05. The van der Waals surface area contributed by atoms with Crippen molar-refractivity contribution >= 4 is 23.5 Å². The molecule has 3 saturated carbocycles. The van der Waals surface area contributed by atoms with Gasteiger partial charge in [-0.05, 0) is 50.7 Å². The summed E-state index contributed by atoms with van der Waals surface area (Å²) in [6, 6.07) is 0. The molecule has 4 aliphatic carbocycles. The highest BCUT2D eigenvalue weighted by atomic mass is 19.1. The molecule has 0 unspecified atom stereocenters. The molecule has 7 nitrogen and oxygen atoms in total. The number of ketones is 2. The van der Waals surface area contributed by atoms with E-state index in [-0.39, 0.29) is 24.5 Å². The van der Waals surface area contributed by atoms with Crippen LogP contribution in [0.15, 0.2) is 23.8 Å². The van der Waals surface area contributed by atoms with Crippen molar-refractivity contribution in [3.05, 3.63) is 23.8 Å². The fourth-order valence-electron chi connectivity index (χ4n) is 7.92. The largest absolute Gasteiger partial charge is 0.458 e. The molecular formula is C27H35FO7. The van der Waals surface area contributed by atoms with Crippen molar-refractivity contribution in [2.45, 2.75) is 84.1 Å². The number of fused-ring (bicyclic) bond motifs is 5. The van der Waals surface area contributed by atoms with Gasteiger partial charge in [0.05, 0.1) is 6.10 Å². The van der Waals surface area contributed by atoms with Gasteiger partial charge in [-0.1, -0.05) is 32.4 Å². The first-order chi connectivity index (χ1) is 16.3. The molecule has 192 valence electrons. The highest BCUT2D eigenvalue weighted by Gasteiger charge is 2.77. The molecule has 0 heterocycles. The number of hydrogen-bond donors (Lipinski definition) is 1. The summed E-state index contributed by atoms with van der Waals surface area (Å²) in [6.45, 7) is 7.59. The Hall–Kier alpha value is -2.35. The zero-order chi connectivity index (χ0) is 26.0. The van der Waals surface area contributed by atoms with Crippen LogP contribution in [0.3, 0.4) is 0 Å². The molecule has 0 aromatic carbocycles. The molecule has 0 bridgehead atoms. The van der Waals surface area contributed by atoms with Crippen LogP contribution in [0, 0.1) is 28.6 Å².